The van der Waals surface area contributed by atoms with Crippen LogP contribution in [0.5, 0.6) is 0 Å². The third-order valence-corrected chi connectivity index (χ3v) is 5.52. The van der Waals surface area contributed by atoms with Crippen molar-refractivity contribution in [1.82, 2.24) is 24.9 Å². The highest BCUT2D eigenvalue weighted by molar-refractivity contribution is 5.93. The van der Waals surface area contributed by atoms with Crippen LogP contribution in [-0.4, -0.2) is 57.0 Å². The summed E-state index contributed by atoms with van der Waals surface area (Å²) in [6.45, 7) is 7.49. The Morgan fingerprint density at radius 2 is 1.69 bits per heavy atom. The molecule has 0 radical (unpaired) electrons. The van der Waals surface area contributed by atoms with E-state index in [1.54, 1.807) is 11.8 Å². The number of amides is 1. The van der Waals surface area contributed by atoms with E-state index in [1.165, 1.54) is 10.9 Å². The Labute approximate surface area is 183 Å². The van der Waals surface area contributed by atoms with Crippen molar-refractivity contribution in [2.75, 3.05) is 31.1 Å². The molecular weight excluding hydrogens is 421 g/mol. The number of anilines is 1. The standard InChI is InChI=1S/C22H23F3N6O/c1-14-4-6-18(15(2)12-14)31-27-16(3)20(28-31)21(32)30-10-8-29(9-11-30)19-7-5-17(13-26-19)22(23,24)25/h4-7,12-13H,8-11H2,1-3H3. The van der Waals surface area contributed by atoms with Crippen LogP contribution in [0, 0.1) is 20.8 Å². The number of hydrogen-bond donors (Lipinski definition) is 0. The number of aromatic nitrogens is 4. The van der Waals surface area contributed by atoms with Gasteiger partial charge in [0, 0.05) is 32.4 Å². The maximum atomic E-state index is 13.1. The van der Waals surface area contributed by atoms with Crippen LogP contribution in [0.15, 0.2) is 36.5 Å². The lowest BCUT2D eigenvalue weighted by Crippen LogP contribution is -2.49. The van der Waals surface area contributed by atoms with E-state index in [-0.39, 0.29) is 5.91 Å². The van der Waals surface area contributed by atoms with E-state index < -0.39 is 11.7 Å². The minimum Gasteiger partial charge on any atom is -0.353 e. The van der Waals surface area contributed by atoms with E-state index in [0.717, 1.165) is 29.1 Å². The third-order valence-electron chi connectivity index (χ3n) is 5.52. The predicted molar refractivity (Wildman–Crippen MR) is 113 cm³/mol. The predicted octanol–water partition coefficient (Wildman–Crippen LogP) is 3.57. The fraction of sp³-hybridized carbons (Fsp3) is 0.364. The van der Waals surface area contributed by atoms with E-state index in [0.29, 0.717) is 43.4 Å². The van der Waals surface area contributed by atoms with E-state index in [2.05, 4.69) is 15.2 Å². The van der Waals surface area contributed by atoms with Gasteiger partial charge in [0.25, 0.3) is 5.91 Å². The number of carbonyl (C=O) groups is 1. The van der Waals surface area contributed by atoms with Crippen LogP contribution < -0.4 is 4.90 Å². The Kier molecular flexibility index (Phi) is 5.62. The zero-order valence-corrected chi connectivity index (χ0v) is 18.0. The van der Waals surface area contributed by atoms with Crippen LogP contribution in [0.3, 0.4) is 0 Å². The lowest BCUT2D eigenvalue weighted by molar-refractivity contribution is -0.137. The molecule has 4 rings (SSSR count). The van der Waals surface area contributed by atoms with Gasteiger partial charge in [-0.05, 0) is 44.5 Å². The highest BCUT2D eigenvalue weighted by Crippen LogP contribution is 2.29. The van der Waals surface area contributed by atoms with Crippen molar-refractivity contribution in [3.05, 3.63) is 64.6 Å². The van der Waals surface area contributed by atoms with Gasteiger partial charge in [0.15, 0.2) is 5.69 Å². The lowest BCUT2D eigenvalue weighted by Gasteiger charge is -2.35. The van der Waals surface area contributed by atoms with Crippen LogP contribution in [0.25, 0.3) is 5.69 Å². The Hall–Kier alpha value is -3.43. The Morgan fingerprint density at radius 1 is 0.969 bits per heavy atom. The molecule has 2 aromatic heterocycles. The summed E-state index contributed by atoms with van der Waals surface area (Å²) in [6, 6.07) is 8.31. The largest absolute Gasteiger partial charge is 0.417 e. The molecule has 0 aliphatic carbocycles. The molecule has 0 saturated carbocycles. The van der Waals surface area contributed by atoms with Gasteiger partial charge in [0.2, 0.25) is 0 Å². The quantitative estimate of drug-likeness (QED) is 0.618. The molecule has 1 saturated heterocycles. The molecule has 32 heavy (non-hydrogen) atoms. The van der Waals surface area contributed by atoms with Crippen molar-refractivity contribution in [3.8, 4) is 5.69 Å². The van der Waals surface area contributed by atoms with E-state index >= 15 is 0 Å². The number of nitrogens with zero attached hydrogens (tertiary/aromatic N) is 6. The van der Waals surface area contributed by atoms with Crippen molar-refractivity contribution in [3.63, 3.8) is 0 Å². The molecule has 3 aromatic rings. The number of carbonyl (C=O) groups excluding carboxylic acids is 1. The molecule has 1 fully saturated rings. The average molecular weight is 444 g/mol. The highest BCUT2D eigenvalue weighted by Gasteiger charge is 2.31. The van der Waals surface area contributed by atoms with Gasteiger partial charge in [-0.3, -0.25) is 4.79 Å². The monoisotopic (exact) mass is 444 g/mol. The van der Waals surface area contributed by atoms with Crippen molar-refractivity contribution < 1.29 is 18.0 Å². The summed E-state index contributed by atoms with van der Waals surface area (Å²) >= 11 is 0. The molecule has 1 aliphatic heterocycles. The molecule has 0 atom stereocenters. The summed E-state index contributed by atoms with van der Waals surface area (Å²) in [7, 11) is 0. The normalized spacial score (nSPS) is 14.7. The average Bonchev–Trinajstić information content (AvgIpc) is 3.14. The van der Waals surface area contributed by atoms with E-state index in [9.17, 15) is 18.0 Å². The van der Waals surface area contributed by atoms with Gasteiger partial charge in [-0.1, -0.05) is 17.7 Å². The van der Waals surface area contributed by atoms with Gasteiger partial charge >= 0.3 is 6.18 Å². The molecule has 0 spiro atoms. The van der Waals surface area contributed by atoms with Crippen molar-refractivity contribution in [2.24, 2.45) is 0 Å². The van der Waals surface area contributed by atoms with Gasteiger partial charge in [0.1, 0.15) is 5.82 Å². The lowest BCUT2D eigenvalue weighted by atomic mass is 10.1. The number of alkyl halides is 3. The number of hydrogen-bond acceptors (Lipinski definition) is 5. The van der Waals surface area contributed by atoms with Crippen LogP contribution in [0.4, 0.5) is 19.0 Å². The number of halogens is 3. The first kappa shape index (κ1) is 21.8. The van der Waals surface area contributed by atoms with E-state index in [4.69, 9.17) is 0 Å². The summed E-state index contributed by atoms with van der Waals surface area (Å²) in [5.74, 6) is 0.251. The number of aryl methyl sites for hydroxylation is 3. The zero-order chi connectivity index (χ0) is 23.0. The zero-order valence-electron chi connectivity index (χ0n) is 18.0. The molecule has 168 valence electrons. The second kappa shape index (κ2) is 8.25. The molecule has 3 heterocycles. The first-order valence-corrected chi connectivity index (χ1v) is 10.2. The maximum absolute atomic E-state index is 13.1. The fourth-order valence-corrected chi connectivity index (χ4v) is 3.74. The summed E-state index contributed by atoms with van der Waals surface area (Å²) in [5, 5.41) is 8.86. The fourth-order valence-electron chi connectivity index (χ4n) is 3.74. The van der Waals surface area contributed by atoms with Gasteiger partial charge in [-0.25, -0.2) is 4.98 Å². The second-order valence-electron chi connectivity index (χ2n) is 7.90. The Morgan fingerprint density at radius 3 is 2.28 bits per heavy atom. The highest BCUT2D eigenvalue weighted by atomic mass is 19.4. The van der Waals surface area contributed by atoms with Gasteiger partial charge in [0.05, 0.1) is 16.9 Å². The maximum Gasteiger partial charge on any atom is 0.417 e. The van der Waals surface area contributed by atoms with Gasteiger partial charge in [-0.15, -0.1) is 5.10 Å². The summed E-state index contributed by atoms with van der Waals surface area (Å²) < 4.78 is 38.2. The first-order valence-electron chi connectivity index (χ1n) is 10.2. The molecule has 0 unspecified atom stereocenters. The van der Waals surface area contributed by atoms with Crippen LogP contribution in [0.1, 0.15) is 32.9 Å². The Balaban J connectivity index is 1.44. The number of benzene rings is 1. The number of pyridine rings is 1. The van der Waals surface area contributed by atoms with Crippen LogP contribution >= 0.6 is 0 Å². The molecule has 1 aromatic carbocycles. The molecule has 1 aliphatic rings. The number of piperazine rings is 1. The van der Waals surface area contributed by atoms with E-state index in [1.807, 2.05) is 36.9 Å². The SMILES string of the molecule is Cc1ccc(-n2nc(C)c(C(=O)N3CCN(c4ccc(C(F)(F)F)cn4)CC3)n2)c(C)c1. The molecule has 1 amide bonds. The first-order chi connectivity index (χ1) is 15.1. The summed E-state index contributed by atoms with van der Waals surface area (Å²) in [5.41, 5.74) is 3.02. The topological polar surface area (TPSA) is 67.2 Å². The molecule has 0 N–H and O–H groups in total. The molecule has 0 bridgehead atoms. The summed E-state index contributed by atoms with van der Waals surface area (Å²) in [4.78, 5) is 22.0. The number of rotatable bonds is 3. The minimum absolute atomic E-state index is 0.210. The second-order valence-corrected chi connectivity index (χ2v) is 7.90. The molecule has 7 nitrogen and oxygen atoms in total. The molecule has 10 heteroatoms. The van der Waals surface area contributed by atoms with Gasteiger partial charge < -0.3 is 9.80 Å². The van der Waals surface area contributed by atoms with Crippen molar-refractivity contribution in [1.29, 1.82) is 0 Å². The third kappa shape index (κ3) is 4.30. The van der Waals surface area contributed by atoms with Crippen molar-refractivity contribution in [2.45, 2.75) is 26.9 Å². The molecular formula is C22H23F3N6O. The minimum atomic E-state index is -4.41. The summed E-state index contributed by atoms with van der Waals surface area (Å²) in [6.07, 6.45) is -3.58. The van der Waals surface area contributed by atoms with Crippen LogP contribution in [-0.2, 0) is 6.18 Å². The van der Waals surface area contributed by atoms with Crippen molar-refractivity contribution >= 4 is 11.7 Å². The van der Waals surface area contributed by atoms with Gasteiger partial charge in [-0.2, -0.15) is 23.1 Å². The Bertz CT molecular complexity index is 1130. The van der Waals surface area contributed by atoms with Crippen LogP contribution in [0.2, 0.25) is 0 Å². The smallest absolute Gasteiger partial charge is 0.353 e.